The van der Waals surface area contributed by atoms with Crippen LogP contribution in [0.2, 0.25) is 0 Å². The zero-order valence-electron chi connectivity index (χ0n) is 19.6. The number of hydrogen-bond donors (Lipinski definition) is 5. The summed E-state index contributed by atoms with van der Waals surface area (Å²) < 4.78 is 32.6. The van der Waals surface area contributed by atoms with E-state index in [1.54, 1.807) is 13.8 Å². The van der Waals surface area contributed by atoms with Crippen molar-refractivity contribution in [1.29, 1.82) is 0 Å². The third-order valence-electron chi connectivity index (χ3n) is 4.70. The van der Waals surface area contributed by atoms with Crippen LogP contribution in [0.25, 0.3) is 11.8 Å². The van der Waals surface area contributed by atoms with E-state index in [4.69, 9.17) is 9.66 Å². The SMILES string of the molecule is CCNC(=O)C(=Cc1c(C(=O)N(C)CC(=O)O)[nH]n(-c2ccc(S(=O)(=O)O)cc2)c1=O)C(=O)NCC. The molecule has 3 amide bonds. The summed E-state index contributed by atoms with van der Waals surface area (Å²) in [4.78, 5) is 62.8. The Balaban J connectivity index is 2.78. The molecule has 194 valence electrons. The smallest absolute Gasteiger partial charge is 0.323 e. The van der Waals surface area contributed by atoms with E-state index in [-0.39, 0.29) is 18.8 Å². The van der Waals surface area contributed by atoms with E-state index in [0.29, 0.717) is 0 Å². The molecule has 36 heavy (non-hydrogen) atoms. The fourth-order valence-electron chi connectivity index (χ4n) is 3.05. The summed E-state index contributed by atoms with van der Waals surface area (Å²) in [6.07, 6.45) is 0.916. The first-order valence-electron chi connectivity index (χ1n) is 10.5. The maximum absolute atomic E-state index is 13.3. The summed E-state index contributed by atoms with van der Waals surface area (Å²) in [6, 6.07) is 4.36. The van der Waals surface area contributed by atoms with Gasteiger partial charge in [0.2, 0.25) is 0 Å². The number of carboxylic acid groups (broad SMARTS) is 1. The lowest BCUT2D eigenvalue weighted by molar-refractivity contribution is -0.137. The second kappa shape index (κ2) is 11.5. The van der Waals surface area contributed by atoms with Gasteiger partial charge in [-0.3, -0.25) is 33.6 Å². The standard InChI is InChI=1S/C21H25N5O9S/c1-4-22-18(29)15(19(30)23-5-2)10-14-17(21(32)25(3)11-16(27)28)24-26(20(14)31)12-6-8-13(9-7-12)36(33,34)35/h6-10,24H,4-5,11H2,1-3H3,(H,22,29)(H,23,30)(H,27,28)(H,33,34,35). The van der Waals surface area contributed by atoms with Gasteiger partial charge in [0, 0.05) is 20.1 Å². The molecule has 1 heterocycles. The molecular weight excluding hydrogens is 498 g/mol. The first kappa shape index (κ1) is 28.0. The van der Waals surface area contributed by atoms with E-state index in [1.165, 1.54) is 7.05 Å². The van der Waals surface area contributed by atoms with Crippen LogP contribution in [0, 0.1) is 0 Å². The van der Waals surface area contributed by atoms with Gasteiger partial charge in [0.25, 0.3) is 33.4 Å². The number of benzene rings is 1. The molecule has 0 unspecified atom stereocenters. The molecule has 0 aliphatic heterocycles. The van der Waals surface area contributed by atoms with Gasteiger partial charge in [-0.25, -0.2) is 4.68 Å². The highest BCUT2D eigenvalue weighted by Gasteiger charge is 2.26. The molecule has 2 rings (SSSR count). The van der Waals surface area contributed by atoms with E-state index < -0.39 is 67.6 Å². The Morgan fingerprint density at radius 1 is 1.06 bits per heavy atom. The molecule has 1 aromatic carbocycles. The molecule has 0 saturated carbocycles. The Morgan fingerprint density at radius 3 is 2.03 bits per heavy atom. The van der Waals surface area contributed by atoms with Crippen molar-refractivity contribution in [2.45, 2.75) is 18.7 Å². The summed E-state index contributed by atoms with van der Waals surface area (Å²) in [5.74, 6) is -3.88. The van der Waals surface area contributed by atoms with Crippen LogP contribution in [0.1, 0.15) is 29.9 Å². The van der Waals surface area contributed by atoms with Crippen molar-refractivity contribution in [1.82, 2.24) is 25.3 Å². The van der Waals surface area contributed by atoms with Gasteiger partial charge in [-0.15, -0.1) is 0 Å². The average Bonchev–Trinajstić information content (AvgIpc) is 3.12. The topological polar surface area (TPSA) is 208 Å². The van der Waals surface area contributed by atoms with Gasteiger partial charge in [-0.2, -0.15) is 8.42 Å². The lowest BCUT2D eigenvalue weighted by Crippen LogP contribution is -2.35. The molecule has 14 nitrogen and oxygen atoms in total. The summed E-state index contributed by atoms with van der Waals surface area (Å²) in [6.45, 7) is 2.85. The highest BCUT2D eigenvalue weighted by Crippen LogP contribution is 2.16. The number of aromatic amines is 1. The number of amides is 3. The Labute approximate surface area is 205 Å². The number of hydrogen-bond acceptors (Lipinski definition) is 7. The zero-order valence-corrected chi connectivity index (χ0v) is 20.4. The molecule has 1 aromatic heterocycles. The molecular formula is C21H25N5O9S. The molecule has 0 atom stereocenters. The number of carboxylic acids is 1. The van der Waals surface area contributed by atoms with E-state index in [0.717, 1.165) is 39.9 Å². The van der Waals surface area contributed by atoms with Gasteiger partial charge in [0.1, 0.15) is 17.8 Å². The highest BCUT2D eigenvalue weighted by molar-refractivity contribution is 7.85. The van der Waals surface area contributed by atoms with Crippen molar-refractivity contribution in [2.24, 2.45) is 0 Å². The van der Waals surface area contributed by atoms with E-state index in [9.17, 15) is 32.4 Å². The summed E-state index contributed by atoms with van der Waals surface area (Å²) in [5, 5.41) is 16.4. The van der Waals surface area contributed by atoms with Crippen LogP contribution in [-0.2, 0) is 24.5 Å². The quantitative estimate of drug-likeness (QED) is 0.114. The molecule has 15 heteroatoms. The monoisotopic (exact) mass is 523 g/mol. The predicted octanol–water partition coefficient (Wildman–Crippen LogP) is -0.775. The molecule has 0 aliphatic rings. The van der Waals surface area contributed by atoms with Gasteiger partial charge in [-0.05, 0) is 44.2 Å². The summed E-state index contributed by atoms with van der Waals surface area (Å²) in [7, 11) is -3.33. The van der Waals surface area contributed by atoms with Gasteiger partial charge < -0.3 is 20.6 Å². The predicted molar refractivity (Wildman–Crippen MR) is 126 cm³/mol. The lowest BCUT2D eigenvalue weighted by Gasteiger charge is -2.14. The highest BCUT2D eigenvalue weighted by atomic mass is 32.2. The number of H-pyrrole nitrogens is 1. The normalized spacial score (nSPS) is 10.9. The van der Waals surface area contributed by atoms with Gasteiger partial charge >= 0.3 is 5.97 Å². The first-order valence-corrected chi connectivity index (χ1v) is 11.9. The average molecular weight is 524 g/mol. The Kier molecular flexibility index (Phi) is 8.91. The van der Waals surface area contributed by atoms with Crippen LogP contribution in [0.15, 0.2) is 39.5 Å². The number of aromatic nitrogens is 2. The molecule has 0 spiro atoms. The lowest BCUT2D eigenvalue weighted by atomic mass is 10.1. The zero-order chi connectivity index (χ0) is 27.2. The number of carbonyl (C=O) groups excluding carboxylic acids is 3. The number of likely N-dealkylation sites (N-methyl/N-ethyl adjacent to an activating group) is 3. The van der Waals surface area contributed by atoms with Crippen molar-refractivity contribution in [3.63, 3.8) is 0 Å². The van der Waals surface area contributed by atoms with Crippen LogP contribution in [0.5, 0.6) is 0 Å². The van der Waals surface area contributed by atoms with E-state index >= 15 is 0 Å². The van der Waals surface area contributed by atoms with Gasteiger partial charge in [0.15, 0.2) is 0 Å². The number of carbonyl (C=O) groups is 4. The minimum Gasteiger partial charge on any atom is -0.480 e. The molecule has 0 fully saturated rings. The van der Waals surface area contributed by atoms with Crippen molar-refractivity contribution >= 4 is 39.9 Å². The van der Waals surface area contributed by atoms with Crippen molar-refractivity contribution in [3.8, 4) is 5.69 Å². The van der Waals surface area contributed by atoms with Crippen molar-refractivity contribution < 1.29 is 37.3 Å². The molecule has 0 bridgehead atoms. The van der Waals surface area contributed by atoms with Crippen LogP contribution in [0.3, 0.4) is 0 Å². The minimum absolute atomic E-state index is 0.0413. The fraction of sp³-hybridized carbons (Fsp3) is 0.286. The summed E-state index contributed by atoms with van der Waals surface area (Å²) >= 11 is 0. The number of rotatable bonds is 10. The first-order chi connectivity index (χ1) is 16.8. The molecule has 2 aromatic rings. The minimum atomic E-state index is -4.51. The third kappa shape index (κ3) is 6.45. The van der Waals surface area contributed by atoms with Crippen LogP contribution in [-0.4, -0.2) is 83.1 Å². The second-order valence-corrected chi connectivity index (χ2v) is 8.76. The maximum Gasteiger partial charge on any atom is 0.323 e. The Hall–Kier alpha value is -4.24. The van der Waals surface area contributed by atoms with Crippen molar-refractivity contribution in [2.75, 3.05) is 26.7 Å². The van der Waals surface area contributed by atoms with Crippen LogP contribution >= 0.6 is 0 Å². The summed E-state index contributed by atoms with van der Waals surface area (Å²) in [5.41, 5.74) is -2.16. The number of nitrogens with zero attached hydrogens (tertiary/aromatic N) is 2. The van der Waals surface area contributed by atoms with Crippen molar-refractivity contribution in [3.05, 3.63) is 51.4 Å². The van der Waals surface area contributed by atoms with Crippen LogP contribution in [0.4, 0.5) is 0 Å². The van der Waals surface area contributed by atoms with E-state index in [1.807, 2.05) is 0 Å². The van der Waals surface area contributed by atoms with Gasteiger partial charge in [-0.1, -0.05) is 0 Å². The number of nitrogens with one attached hydrogen (secondary N) is 3. The third-order valence-corrected chi connectivity index (χ3v) is 5.57. The maximum atomic E-state index is 13.3. The molecule has 0 radical (unpaired) electrons. The van der Waals surface area contributed by atoms with E-state index in [2.05, 4.69) is 15.7 Å². The largest absolute Gasteiger partial charge is 0.480 e. The number of aliphatic carboxylic acids is 1. The Morgan fingerprint density at radius 2 is 1.58 bits per heavy atom. The molecule has 0 saturated heterocycles. The molecule has 5 N–H and O–H groups in total. The fourth-order valence-corrected chi connectivity index (χ4v) is 3.53. The van der Waals surface area contributed by atoms with Gasteiger partial charge in [0.05, 0.1) is 16.1 Å². The Bertz CT molecular complexity index is 1350. The molecule has 0 aliphatic carbocycles. The second-order valence-electron chi connectivity index (χ2n) is 7.34. The van der Waals surface area contributed by atoms with Crippen LogP contribution < -0.4 is 16.2 Å².